The molecule has 0 aromatic heterocycles. The minimum atomic E-state index is -0.733. The van der Waals surface area contributed by atoms with Crippen molar-refractivity contribution in [2.24, 2.45) is 0 Å². The molecule has 0 aliphatic rings. The summed E-state index contributed by atoms with van der Waals surface area (Å²) >= 11 is 0. The third-order valence-electron chi connectivity index (χ3n) is 3.65. The number of benzene rings is 2. The number of hydrogen-bond donors (Lipinski definition) is 2. The van der Waals surface area contributed by atoms with E-state index in [1.807, 2.05) is 32.0 Å². The molecule has 24 heavy (non-hydrogen) atoms. The number of phenols is 1. The van der Waals surface area contributed by atoms with Gasteiger partial charge in [-0.1, -0.05) is 44.2 Å². The van der Waals surface area contributed by atoms with Gasteiger partial charge in [0.1, 0.15) is 11.3 Å². The van der Waals surface area contributed by atoms with E-state index in [1.165, 1.54) is 6.07 Å². The molecule has 5 heteroatoms. The molecule has 2 N–H and O–H groups in total. The van der Waals surface area contributed by atoms with Crippen LogP contribution in [-0.4, -0.2) is 23.6 Å². The molecule has 0 saturated carbocycles. The number of amides is 1. The molecule has 0 bridgehead atoms. The average Bonchev–Trinajstić information content (AvgIpc) is 2.55. The predicted molar refractivity (Wildman–Crippen MR) is 92.3 cm³/mol. The van der Waals surface area contributed by atoms with Crippen LogP contribution in [0.25, 0.3) is 0 Å². The number of carbonyl (C=O) groups is 2. The number of hydrogen-bond acceptors (Lipinski definition) is 4. The fourth-order valence-electron chi connectivity index (χ4n) is 2.33. The third kappa shape index (κ3) is 4.13. The van der Waals surface area contributed by atoms with Crippen molar-refractivity contribution < 1.29 is 19.4 Å². The van der Waals surface area contributed by atoms with Crippen molar-refractivity contribution in [1.29, 1.82) is 0 Å². The largest absolute Gasteiger partial charge is 0.507 e. The highest BCUT2D eigenvalue weighted by Crippen LogP contribution is 2.24. The zero-order chi connectivity index (χ0) is 17.7. The Bertz CT molecular complexity index is 753. The van der Waals surface area contributed by atoms with Crippen LogP contribution in [0.15, 0.2) is 42.5 Å². The molecule has 1 amide bonds. The average molecular weight is 327 g/mol. The number of rotatable bonds is 5. The first kappa shape index (κ1) is 17.5. The first-order valence-corrected chi connectivity index (χ1v) is 7.74. The Morgan fingerprint density at radius 1 is 1.12 bits per heavy atom. The number of para-hydroxylation sites is 2. The summed E-state index contributed by atoms with van der Waals surface area (Å²) in [6, 6.07) is 12.3. The highest BCUT2D eigenvalue weighted by atomic mass is 16.5. The summed E-state index contributed by atoms with van der Waals surface area (Å²) in [5.41, 5.74) is 2.32. The van der Waals surface area contributed by atoms with Crippen molar-refractivity contribution in [3.8, 4) is 5.75 Å². The second-order valence-corrected chi connectivity index (χ2v) is 5.84. The summed E-state index contributed by atoms with van der Waals surface area (Å²) in [5, 5.41) is 12.6. The maximum absolute atomic E-state index is 12.0. The van der Waals surface area contributed by atoms with Gasteiger partial charge in [0.2, 0.25) is 0 Å². The van der Waals surface area contributed by atoms with Crippen LogP contribution >= 0.6 is 0 Å². The van der Waals surface area contributed by atoms with Crippen molar-refractivity contribution >= 4 is 17.6 Å². The van der Waals surface area contributed by atoms with Gasteiger partial charge in [-0.05, 0) is 36.1 Å². The molecule has 0 atom stereocenters. The zero-order valence-electron chi connectivity index (χ0n) is 14.0. The lowest BCUT2D eigenvalue weighted by Crippen LogP contribution is -2.21. The van der Waals surface area contributed by atoms with E-state index < -0.39 is 18.5 Å². The fraction of sp³-hybridized carbons (Fsp3) is 0.263. The number of anilines is 1. The number of nitrogens with one attached hydrogen (secondary N) is 1. The van der Waals surface area contributed by atoms with Gasteiger partial charge in [0.15, 0.2) is 6.61 Å². The van der Waals surface area contributed by atoms with E-state index in [9.17, 15) is 14.7 Å². The van der Waals surface area contributed by atoms with Crippen molar-refractivity contribution in [1.82, 2.24) is 0 Å². The summed E-state index contributed by atoms with van der Waals surface area (Å²) in [7, 11) is 0. The van der Waals surface area contributed by atoms with Gasteiger partial charge < -0.3 is 15.2 Å². The number of aromatic hydroxyl groups is 1. The topological polar surface area (TPSA) is 75.6 Å². The molecule has 2 aromatic rings. The lowest BCUT2D eigenvalue weighted by atomic mass is 10.0. The SMILES string of the molecule is Cc1cccc(C(=O)OCC(=O)Nc2ccccc2C(C)C)c1O. The summed E-state index contributed by atoms with van der Waals surface area (Å²) in [6.45, 7) is 5.33. The molecular weight excluding hydrogens is 306 g/mol. The molecule has 2 aromatic carbocycles. The Balaban J connectivity index is 1.99. The Morgan fingerprint density at radius 2 is 1.83 bits per heavy atom. The molecule has 0 radical (unpaired) electrons. The quantitative estimate of drug-likeness (QED) is 0.823. The van der Waals surface area contributed by atoms with Crippen molar-refractivity contribution in [2.75, 3.05) is 11.9 Å². The van der Waals surface area contributed by atoms with Crippen LogP contribution in [0.3, 0.4) is 0 Å². The second kappa shape index (κ2) is 7.64. The van der Waals surface area contributed by atoms with E-state index >= 15 is 0 Å². The number of aryl methyl sites for hydroxylation is 1. The monoisotopic (exact) mass is 327 g/mol. The lowest BCUT2D eigenvalue weighted by molar-refractivity contribution is -0.119. The van der Waals surface area contributed by atoms with Gasteiger partial charge in [-0.2, -0.15) is 0 Å². The fourth-order valence-corrected chi connectivity index (χ4v) is 2.33. The molecule has 0 fully saturated rings. The van der Waals surface area contributed by atoms with Crippen LogP contribution < -0.4 is 5.32 Å². The lowest BCUT2D eigenvalue weighted by Gasteiger charge is -2.13. The highest BCUT2D eigenvalue weighted by molar-refractivity contribution is 5.97. The molecular formula is C19H21NO4. The Hall–Kier alpha value is -2.82. The molecule has 0 aliphatic carbocycles. The second-order valence-electron chi connectivity index (χ2n) is 5.84. The number of esters is 1. The van der Waals surface area contributed by atoms with E-state index in [0.29, 0.717) is 11.3 Å². The molecule has 0 spiro atoms. The summed E-state index contributed by atoms with van der Waals surface area (Å²) in [6.07, 6.45) is 0. The van der Waals surface area contributed by atoms with Crippen molar-refractivity contribution in [3.05, 3.63) is 59.2 Å². The molecule has 0 aliphatic heterocycles. The molecule has 5 nitrogen and oxygen atoms in total. The summed E-state index contributed by atoms with van der Waals surface area (Å²) in [5.74, 6) is -1.03. The normalized spacial score (nSPS) is 10.5. The summed E-state index contributed by atoms with van der Waals surface area (Å²) in [4.78, 5) is 24.0. The van der Waals surface area contributed by atoms with E-state index in [4.69, 9.17) is 4.74 Å². The van der Waals surface area contributed by atoms with Gasteiger partial charge >= 0.3 is 5.97 Å². The molecule has 126 valence electrons. The predicted octanol–water partition coefficient (Wildman–Crippen LogP) is 3.62. The van der Waals surface area contributed by atoms with Crippen LogP contribution in [0.2, 0.25) is 0 Å². The van der Waals surface area contributed by atoms with Gasteiger partial charge in [0.05, 0.1) is 0 Å². The highest BCUT2D eigenvalue weighted by Gasteiger charge is 2.16. The number of phenolic OH excluding ortho intramolecular Hbond substituents is 1. The van der Waals surface area contributed by atoms with E-state index in [0.717, 1.165) is 5.56 Å². The zero-order valence-corrected chi connectivity index (χ0v) is 14.0. The third-order valence-corrected chi connectivity index (χ3v) is 3.65. The van der Waals surface area contributed by atoms with Gasteiger partial charge in [-0.25, -0.2) is 4.79 Å². The van der Waals surface area contributed by atoms with Crippen LogP contribution in [0.1, 0.15) is 41.3 Å². The summed E-state index contributed by atoms with van der Waals surface area (Å²) < 4.78 is 4.99. The number of ether oxygens (including phenoxy) is 1. The minimum absolute atomic E-state index is 0.0466. The van der Waals surface area contributed by atoms with Gasteiger partial charge in [-0.15, -0.1) is 0 Å². The molecule has 0 heterocycles. The standard InChI is InChI=1S/C19H21NO4/c1-12(2)14-8-4-5-10-16(14)20-17(21)11-24-19(23)15-9-6-7-13(3)18(15)22/h4-10,12,22H,11H2,1-3H3,(H,20,21). The smallest absolute Gasteiger partial charge is 0.342 e. The van der Waals surface area contributed by atoms with Gasteiger partial charge in [0.25, 0.3) is 5.91 Å². The van der Waals surface area contributed by atoms with E-state index in [1.54, 1.807) is 25.1 Å². The van der Waals surface area contributed by atoms with Crippen LogP contribution in [0.5, 0.6) is 5.75 Å². The van der Waals surface area contributed by atoms with Gasteiger partial charge in [0, 0.05) is 5.69 Å². The Morgan fingerprint density at radius 3 is 2.54 bits per heavy atom. The van der Waals surface area contributed by atoms with Crippen LogP contribution in [0.4, 0.5) is 5.69 Å². The van der Waals surface area contributed by atoms with Crippen molar-refractivity contribution in [2.45, 2.75) is 26.7 Å². The van der Waals surface area contributed by atoms with Crippen LogP contribution in [-0.2, 0) is 9.53 Å². The maximum atomic E-state index is 12.0. The first-order chi connectivity index (χ1) is 11.4. The minimum Gasteiger partial charge on any atom is -0.507 e. The molecule has 0 unspecified atom stereocenters. The molecule has 2 rings (SSSR count). The van der Waals surface area contributed by atoms with Crippen molar-refractivity contribution in [3.63, 3.8) is 0 Å². The number of carbonyl (C=O) groups excluding carboxylic acids is 2. The maximum Gasteiger partial charge on any atom is 0.342 e. The Kier molecular flexibility index (Phi) is 5.58. The van der Waals surface area contributed by atoms with Gasteiger partial charge in [-0.3, -0.25) is 4.79 Å². The Labute approximate surface area is 141 Å². The van der Waals surface area contributed by atoms with E-state index in [-0.39, 0.29) is 17.2 Å². The van der Waals surface area contributed by atoms with Crippen LogP contribution in [0, 0.1) is 6.92 Å². The first-order valence-electron chi connectivity index (χ1n) is 7.74. The molecule has 0 saturated heterocycles. The van der Waals surface area contributed by atoms with E-state index in [2.05, 4.69) is 5.32 Å².